The number of aromatic nitrogens is 1. The topological polar surface area (TPSA) is 91.0 Å². The molecule has 2 aromatic rings. The number of nitriles is 2. The molecule has 3 rings (SSSR count). The highest BCUT2D eigenvalue weighted by Crippen LogP contribution is 2.41. The summed E-state index contributed by atoms with van der Waals surface area (Å²) in [5, 5.41) is 24.0. The molecule has 1 aliphatic carbocycles. The van der Waals surface area contributed by atoms with E-state index < -0.39 is 0 Å². The summed E-state index contributed by atoms with van der Waals surface area (Å²) in [5.74, 6) is 1.98. The molecule has 0 bridgehead atoms. The molecular weight excluding hydrogens is 444 g/mol. The Kier molecular flexibility index (Phi) is 8.76. The second kappa shape index (κ2) is 11.7. The van der Waals surface area contributed by atoms with E-state index >= 15 is 0 Å². The van der Waals surface area contributed by atoms with Gasteiger partial charge in [0.2, 0.25) is 0 Å². The van der Waals surface area contributed by atoms with Gasteiger partial charge in [0.15, 0.2) is 0 Å². The number of rotatable bonds is 10. The molecule has 0 fully saturated rings. The first kappa shape index (κ1) is 25.4. The molecule has 1 aliphatic rings. The van der Waals surface area contributed by atoms with Gasteiger partial charge in [-0.05, 0) is 43.4 Å². The molecule has 34 heavy (non-hydrogen) atoms. The number of nitrogens with zero attached hydrogens (tertiary/aromatic N) is 3. The number of hydrogen-bond donors (Lipinski definition) is 1. The molecule has 0 radical (unpaired) electrons. The first-order chi connectivity index (χ1) is 16.4. The molecule has 1 unspecified atom stereocenters. The second-order valence-electron chi connectivity index (χ2n) is 8.50. The average molecular weight is 477 g/mol. The van der Waals surface area contributed by atoms with Gasteiger partial charge in [-0.1, -0.05) is 42.9 Å². The zero-order valence-corrected chi connectivity index (χ0v) is 21.0. The van der Waals surface area contributed by atoms with E-state index in [2.05, 4.69) is 49.5 Å². The van der Waals surface area contributed by atoms with Crippen molar-refractivity contribution in [1.29, 1.82) is 10.5 Å². The number of methoxy groups -OCH3 is 1. The third-order valence-corrected chi connectivity index (χ3v) is 6.90. The van der Waals surface area contributed by atoms with E-state index in [1.807, 2.05) is 31.2 Å². The van der Waals surface area contributed by atoms with Crippen LogP contribution in [-0.4, -0.2) is 37.6 Å². The lowest BCUT2D eigenvalue weighted by Crippen LogP contribution is -2.19. The van der Waals surface area contributed by atoms with Crippen molar-refractivity contribution in [1.82, 2.24) is 4.98 Å². The number of pyridine rings is 1. The smallest absolute Gasteiger partial charge is 0.146 e. The molecule has 0 aliphatic heterocycles. The number of anilines is 1. The van der Waals surface area contributed by atoms with Crippen LogP contribution in [0.15, 0.2) is 53.1 Å². The van der Waals surface area contributed by atoms with Gasteiger partial charge in [-0.25, -0.2) is 4.98 Å². The van der Waals surface area contributed by atoms with Crippen molar-refractivity contribution in [2.75, 3.05) is 37.9 Å². The molecule has 178 valence electrons. The Morgan fingerprint density at radius 2 is 1.91 bits per heavy atom. The third-order valence-electron chi connectivity index (χ3n) is 5.53. The van der Waals surface area contributed by atoms with Crippen molar-refractivity contribution in [2.45, 2.75) is 32.2 Å². The molecule has 1 aromatic heterocycles. The largest absolute Gasteiger partial charge is 0.491 e. The molecular formula is C27H32N4O2S. The highest BCUT2D eigenvalue weighted by molar-refractivity contribution is 7.99. The van der Waals surface area contributed by atoms with Crippen molar-refractivity contribution in [3.05, 3.63) is 59.2 Å². The van der Waals surface area contributed by atoms with Crippen LogP contribution in [0.4, 0.5) is 5.82 Å². The van der Waals surface area contributed by atoms with Gasteiger partial charge < -0.3 is 14.8 Å². The Morgan fingerprint density at radius 1 is 1.18 bits per heavy atom. The fraction of sp³-hybridized carbons (Fsp3) is 0.370. The molecule has 0 amide bonds. The highest BCUT2D eigenvalue weighted by Gasteiger charge is 2.27. The van der Waals surface area contributed by atoms with E-state index in [0.717, 1.165) is 17.7 Å². The minimum atomic E-state index is -0.0223. The van der Waals surface area contributed by atoms with Crippen molar-refractivity contribution < 1.29 is 10.9 Å². The van der Waals surface area contributed by atoms with E-state index in [4.69, 9.17) is 14.5 Å². The fourth-order valence-electron chi connectivity index (χ4n) is 3.96. The Bertz CT molecular complexity index is 1170. The summed E-state index contributed by atoms with van der Waals surface area (Å²) in [6, 6.07) is 12.0. The molecule has 0 saturated heterocycles. The van der Waals surface area contributed by atoms with Crippen LogP contribution < -0.4 is 10.1 Å². The van der Waals surface area contributed by atoms with Crippen molar-refractivity contribution in [3.8, 4) is 29.0 Å². The first-order valence-corrected chi connectivity index (χ1v) is 12.2. The number of benzene rings is 1. The number of hydrogen-bond acceptors (Lipinski definition) is 7. The van der Waals surface area contributed by atoms with Crippen LogP contribution in [0.3, 0.4) is 0 Å². The summed E-state index contributed by atoms with van der Waals surface area (Å²) in [6.45, 7) is 7.88. The van der Waals surface area contributed by atoms with Gasteiger partial charge in [0.1, 0.15) is 40.9 Å². The maximum atomic E-state index is 10.1. The summed E-state index contributed by atoms with van der Waals surface area (Å²) in [6.07, 6.45) is 7.42. The molecule has 7 heteroatoms. The number of ether oxygens (including phenoxy) is 2. The zero-order chi connectivity index (χ0) is 24.6. The van der Waals surface area contributed by atoms with E-state index in [1.54, 1.807) is 18.9 Å². The van der Waals surface area contributed by atoms with E-state index in [1.165, 1.54) is 5.57 Å². The molecule has 1 atom stereocenters. The Labute approximate surface area is 207 Å². The average Bonchev–Trinajstić information content (AvgIpc) is 2.83. The SMILES string of the molecule is CCNc1nc(SCC2(C)C=CC=C(C)C2)c(C#N)c(-c2ccc(OCCOC)cc2)c1C#N.[HH]. The Morgan fingerprint density at radius 3 is 2.53 bits per heavy atom. The van der Waals surface area contributed by atoms with Gasteiger partial charge in [-0.2, -0.15) is 10.5 Å². The summed E-state index contributed by atoms with van der Waals surface area (Å²) in [4.78, 5) is 4.72. The van der Waals surface area contributed by atoms with Gasteiger partial charge in [0.25, 0.3) is 0 Å². The quantitative estimate of drug-likeness (QED) is 0.322. The van der Waals surface area contributed by atoms with Crippen LogP contribution in [0.1, 0.15) is 39.7 Å². The van der Waals surface area contributed by atoms with Crippen LogP contribution in [0.5, 0.6) is 5.75 Å². The van der Waals surface area contributed by atoms with E-state index in [0.29, 0.717) is 53.0 Å². The van der Waals surface area contributed by atoms with Gasteiger partial charge in [-0.15, -0.1) is 11.8 Å². The molecule has 0 spiro atoms. The van der Waals surface area contributed by atoms with Crippen molar-refractivity contribution >= 4 is 17.6 Å². The normalized spacial score (nSPS) is 16.9. The van der Waals surface area contributed by atoms with Crippen LogP contribution in [-0.2, 0) is 4.74 Å². The summed E-state index contributed by atoms with van der Waals surface area (Å²) >= 11 is 1.56. The fourth-order valence-corrected chi connectivity index (χ4v) is 5.07. The predicted octanol–water partition coefficient (Wildman–Crippen LogP) is 6.20. The standard InChI is InChI=1S/C27H30N4O2S.H2/c1-5-30-25-22(16-28)24(20-8-10-21(11-9-20)33-14-13-32-4)23(17-29)26(31-25)34-18-27(3)12-6-7-19(2)15-27;/h6-12H,5,13-15,18H2,1-4H3,(H,30,31);1H. The number of thioether (sulfide) groups is 1. The van der Waals surface area contributed by atoms with Crippen LogP contribution in [0.25, 0.3) is 11.1 Å². The maximum Gasteiger partial charge on any atom is 0.146 e. The van der Waals surface area contributed by atoms with E-state index in [9.17, 15) is 10.5 Å². The van der Waals surface area contributed by atoms with Crippen LogP contribution >= 0.6 is 11.8 Å². The lowest BCUT2D eigenvalue weighted by molar-refractivity contribution is 0.146. The minimum absolute atomic E-state index is 0. The maximum absolute atomic E-state index is 10.1. The van der Waals surface area contributed by atoms with Gasteiger partial charge in [-0.3, -0.25) is 0 Å². The molecule has 0 saturated carbocycles. The first-order valence-electron chi connectivity index (χ1n) is 11.3. The summed E-state index contributed by atoms with van der Waals surface area (Å²) in [5.41, 5.74) is 3.48. The van der Waals surface area contributed by atoms with E-state index in [-0.39, 0.29) is 6.84 Å². The zero-order valence-electron chi connectivity index (χ0n) is 20.1. The lowest BCUT2D eigenvalue weighted by atomic mass is 9.82. The van der Waals surface area contributed by atoms with Crippen molar-refractivity contribution in [2.24, 2.45) is 5.41 Å². The van der Waals surface area contributed by atoms with Crippen LogP contribution in [0, 0.1) is 28.1 Å². The molecule has 6 nitrogen and oxygen atoms in total. The minimum Gasteiger partial charge on any atom is -0.491 e. The predicted molar refractivity (Wildman–Crippen MR) is 139 cm³/mol. The Balaban J connectivity index is 0.00000432. The van der Waals surface area contributed by atoms with Gasteiger partial charge in [0.05, 0.1) is 12.2 Å². The highest BCUT2D eigenvalue weighted by atomic mass is 32.2. The van der Waals surface area contributed by atoms with Gasteiger partial charge in [0, 0.05) is 26.4 Å². The summed E-state index contributed by atoms with van der Waals surface area (Å²) < 4.78 is 10.7. The second-order valence-corrected chi connectivity index (χ2v) is 9.47. The van der Waals surface area contributed by atoms with Crippen LogP contribution in [0.2, 0.25) is 0 Å². The molecule has 1 N–H and O–H groups in total. The third kappa shape index (κ3) is 5.99. The summed E-state index contributed by atoms with van der Waals surface area (Å²) in [7, 11) is 1.63. The Hall–Kier alpha value is -3.26. The molecule has 1 aromatic carbocycles. The lowest BCUT2D eigenvalue weighted by Gasteiger charge is -2.28. The number of nitrogens with one attached hydrogen (secondary N) is 1. The molecule has 1 heterocycles. The monoisotopic (exact) mass is 476 g/mol. The van der Waals surface area contributed by atoms with Crippen molar-refractivity contribution in [3.63, 3.8) is 0 Å². The van der Waals surface area contributed by atoms with Gasteiger partial charge >= 0.3 is 0 Å². The number of allylic oxidation sites excluding steroid dienone is 4.